The zero-order valence-corrected chi connectivity index (χ0v) is 19.2. The Morgan fingerprint density at radius 3 is 2.29 bits per heavy atom. The molecule has 1 heterocycles. The van der Waals surface area contributed by atoms with Crippen LogP contribution in [-0.2, 0) is 14.8 Å². The van der Waals surface area contributed by atoms with E-state index in [4.69, 9.17) is 32.7 Å². The van der Waals surface area contributed by atoms with E-state index in [0.29, 0.717) is 35.1 Å². The first-order valence-corrected chi connectivity index (χ1v) is 11.5. The molecule has 1 fully saturated rings. The van der Waals surface area contributed by atoms with Crippen molar-refractivity contribution in [2.75, 3.05) is 32.6 Å². The summed E-state index contributed by atoms with van der Waals surface area (Å²) in [5, 5.41) is 2.89. The number of anilines is 1. The molecular formula is C20H21Cl2FN2O5S. The molecule has 0 bridgehead atoms. The number of carbonyl (C=O) groups is 1. The number of methoxy groups -OCH3 is 2. The molecule has 0 radical (unpaired) electrons. The molecule has 1 saturated heterocycles. The lowest BCUT2D eigenvalue weighted by Crippen LogP contribution is -2.41. The lowest BCUT2D eigenvalue weighted by Gasteiger charge is -2.30. The smallest absolute Gasteiger partial charge is 0.243 e. The molecule has 1 amide bonds. The number of nitrogens with one attached hydrogen (secondary N) is 1. The molecule has 0 spiro atoms. The van der Waals surface area contributed by atoms with Crippen LogP contribution in [0.3, 0.4) is 0 Å². The van der Waals surface area contributed by atoms with Gasteiger partial charge in [0, 0.05) is 31.1 Å². The van der Waals surface area contributed by atoms with Gasteiger partial charge in [0.05, 0.1) is 34.8 Å². The van der Waals surface area contributed by atoms with Crippen LogP contribution in [0.5, 0.6) is 11.5 Å². The summed E-state index contributed by atoms with van der Waals surface area (Å²) >= 11 is 11.8. The molecule has 168 valence electrons. The second-order valence-corrected chi connectivity index (χ2v) is 9.68. The highest BCUT2D eigenvalue weighted by molar-refractivity contribution is 7.89. The fraction of sp³-hybridized carbons (Fsp3) is 0.350. The number of piperidine rings is 1. The number of hydrogen-bond donors (Lipinski definition) is 1. The Morgan fingerprint density at radius 1 is 1.06 bits per heavy atom. The van der Waals surface area contributed by atoms with Crippen LogP contribution < -0.4 is 14.8 Å². The summed E-state index contributed by atoms with van der Waals surface area (Å²) in [6, 6.07) is 6.39. The number of nitrogens with zero attached hydrogens (tertiary/aromatic N) is 1. The summed E-state index contributed by atoms with van der Waals surface area (Å²) in [6.07, 6.45) is 0.653. The summed E-state index contributed by atoms with van der Waals surface area (Å²) in [4.78, 5) is 12.7. The average molecular weight is 491 g/mol. The second kappa shape index (κ2) is 9.60. The molecule has 11 heteroatoms. The Balaban J connectivity index is 1.68. The molecule has 2 aromatic rings. The predicted octanol–water partition coefficient (Wildman–Crippen LogP) is 4.19. The van der Waals surface area contributed by atoms with E-state index in [0.717, 1.165) is 12.1 Å². The Labute approximate surface area is 190 Å². The molecule has 3 rings (SSSR count). The van der Waals surface area contributed by atoms with Gasteiger partial charge in [0.2, 0.25) is 15.9 Å². The zero-order valence-electron chi connectivity index (χ0n) is 16.8. The van der Waals surface area contributed by atoms with Gasteiger partial charge in [-0.05, 0) is 31.0 Å². The quantitative estimate of drug-likeness (QED) is 0.655. The van der Waals surface area contributed by atoms with Gasteiger partial charge in [0.15, 0.2) is 0 Å². The zero-order chi connectivity index (χ0) is 22.8. The Morgan fingerprint density at radius 2 is 1.71 bits per heavy atom. The third-order valence-corrected chi connectivity index (χ3v) is 7.57. The van der Waals surface area contributed by atoms with E-state index in [1.165, 1.54) is 24.6 Å². The van der Waals surface area contributed by atoms with Gasteiger partial charge >= 0.3 is 0 Å². The van der Waals surface area contributed by atoms with Crippen molar-refractivity contribution in [3.05, 3.63) is 46.2 Å². The molecule has 1 aliphatic rings. The average Bonchev–Trinajstić information content (AvgIpc) is 2.76. The molecule has 0 unspecified atom stereocenters. The minimum atomic E-state index is -3.83. The highest BCUT2D eigenvalue weighted by Crippen LogP contribution is 2.36. The van der Waals surface area contributed by atoms with Gasteiger partial charge in [-0.15, -0.1) is 0 Å². The predicted molar refractivity (Wildman–Crippen MR) is 116 cm³/mol. The SMILES string of the molecule is COc1cc(NC(=O)C2CCN(S(=O)(=O)c3ccc(F)c(Cl)c3)CC2)c(OC)cc1Cl. The monoisotopic (exact) mass is 490 g/mol. The maximum Gasteiger partial charge on any atom is 0.243 e. The molecule has 7 nitrogen and oxygen atoms in total. The van der Waals surface area contributed by atoms with Crippen molar-refractivity contribution in [3.8, 4) is 11.5 Å². The van der Waals surface area contributed by atoms with Gasteiger partial charge in [0.1, 0.15) is 17.3 Å². The minimum absolute atomic E-state index is 0.0835. The summed E-state index contributed by atoms with van der Waals surface area (Å²) < 4.78 is 50.7. The first-order chi connectivity index (χ1) is 14.7. The number of carbonyl (C=O) groups excluding carboxylic acids is 1. The van der Waals surface area contributed by atoms with E-state index in [2.05, 4.69) is 5.32 Å². The van der Waals surface area contributed by atoms with Crippen molar-refractivity contribution in [1.29, 1.82) is 0 Å². The summed E-state index contributed by atoms with van der Waals surface area (Å²) in [6.45, 7) is 0.299. The third-order valence-electron chi connectivity index (χ3n) is 5.09. The Hall–Kier alpha value is -2.07. The van der Waals surface area contributed by atoms with Crippen molar-refractivity contribution >= 4 is 44.8 Å². The van der Waals surface area contributed by atoms with Crippen LogP contribution in [0.25, 0.3) is 0 Å². The van der Waals surface area contributed by atoms with Crippen LogP contribution in [0.4, 0.5) is 10.1 Å². The van der Waals surface area contributed by atoms with Crippen LogP contribution in [0.1, 0.15) is 12.8 Å². The largest absolute Gasteiger partial charge is 0.495 e. The van der Waals surface area contributed by atoms with Crippen molar-refractivity contribution in [3.63, 3.8) is 0 Å². The number of halogens is 3. The van der Waals surface area contributed by atoms with Gasteiger partial charge < -0.3 is 14.8 Å². The molecule has 31 heavy (non-hydrogen) atoms. The molecule has 0 atom stereocenters. The van der Waals surface area contributed by atoms with Gasteiger partial charge in [0.25, 0.3) is 0 Å². The molecule has 0 aliphatic carbocycles. The minimum Gasteiger partial charge on any atom is -0.495 e. The highest BCUT2D eigenvalue weighted by Gasteiger charge is 2.32. The third kappa shape index (κ3) is 5.06. The second-order valence-electron chi connectivity index (χ2n) is 6.93. The first-order valence-electron chi connectivity index (χ1n) is 9.35. The Kier molecular flexibility index (Phi) is 7.31. The Bertz CT molecular complexity index is 1090. The van der Waals surface area contributed by atoms with Gasteiger partial charge in [-0.1, -0.05) is 23.2 Å². The maximum atomic E-state index is 13.4. The van der Waals surface area contributed by atoms with Crippen molar-refractivity contribution in [1.82, 2.24) is 4.31 Å². The van der Waals surface area contributed by atoms with Crippen molar-refractivity contribution < 1.29 is 27.1 Å². The van der Waals surface area contributed by atoms with E-state index < -0.39 is 21.8 Å². The molecule has 1 N–H and O–H groups in total. The molecule has 1 aliphatic heterocycles. The van der Waals surface area contributed by atoms with Crippen molar-refractivity contribution in [2.24, 2.45) is 5.92 Å². The van der Waals surface area contributed by atoms with E-state index >= 15 is 0 Å². The van der Waals surface area contributed by atoms with Gasteiger partial charge in [-0.3, -0.25) is 4.79 Å². The lowest BCUT2D eigenvalue weighted by molar-refractivity contribution is -0.120. The summed E-state index contributed by atoms with van der Waals surface area (Å²) in [5.41, 5.74) is 0.407. The summed E-state index contributed by atoms with van der Waals surface area (Å²) in [7, 11) is -0.915. The van der Waals surface area contributed by atoms with Gasteiger partial charge in [-0.2, -0.15) is 4.31 Å². The number of benzene rings is 2. The van der Waals surface area contributed by atoms with Gasteiger partial charge in [-0.25, -0.2) is 12.8 Å². The van der Waals surface area contributed by atoms with E-state index in [-0.39, 0.29) is 28.9 Å². The number of hydrogen-bond acceptors (Lipinski definition) is 5. The number of rotatable bonds is 6. The molecular weight excluding hydrogens is 470 g/mol. The standard InChI is InChI=1S/C20H21Cl2FN2O5S/c1-29-18-11-17(19(30-2)10-15(18)22)24-20(26)12-5-7-25(8-6-12)31(27,28)13-3-4-16(23)14(21)9-13/h3-4,9-12H,5-8H2,1-2H3,(H,24,26). The number of sulfonamides is 1. The molecule has 0 saturated carbocycles. The fourth-order valence-electron chi connectivity index (χ4n) is 3.34. The lowest BCUT2D eigenvalue weighted by atomic mass is 9.97. The molecule has 0 aromatic heterocycles. The van der Waals surface area contributed by atoms with Crippen LogP contribution in [0.2, 0.25) is 10.0 Å². The highest BCUT2D eigenvalue weighted by atomic mass is 35.5. The molecule has 2 aromatic carbocycles. The first kappa shape index (κ1) is 23.6. The number of amides is 1. The topological polar surface area (TPSA) is 84.9 Å². The summed E-state index contributed by atoms with van der Waals surface area (Å²) in [5.74, 6) is -0.576. The van der Waals surface area contributed by atoms with E-state index in [1.54, 1.807) is 12.1 Å². The van der Waals surface area contributed by atoms with E-state index in [9.17, 15) is 17.6 Å². The van der Waals surface area contributed by atoms with E-state index in [1.807, 2.05) is 0 Å². The number of ether oxygens (including phenoxy) is 2. The van der Waals surface area contributed by atoms with Crippen LogP contribution in [0, 0.1) is 11.7 Å². The van der Waals surface area contributed by atoms with Crippen LogP contribution in [-0.4, -0.2) is 45.9 Å². The normalized spacial score (nSPS) is 15.5. The van der Waals surface area contributed by atoms with Crippen LogP contribution >= 0.6 is 23.2 Å². The maximum absolute atomic E-state index is 13.4. The fourth-order valence-corrected chi connectivity index (χ4v) is 5.31. The van der Waals surface area contributed by atoms with Crippen LogP contribution in [0.15, 0.2) is 35.2 Å². The van der Waals surface area contributed by atoms with Crippen molar-refractivity contribution in [2.45, 2.75) is 17.7 Å².